The van der Waals surface area contributed by atoms with E-state index in [4.69, 9.17) is 4.84 Å². The van der Waals surface area contributed by atoms with Gasteiger partial charge in [-0.1, -0.05) is 5.92 Å². The molecule has 2 aliphatic rings. The number of anilines is 2. The lowest BCUT2D eigenvalue weighted by Gasteiger charge is -2.40. The number of rotatable bonds is 4. The number of carbonyl (C=O) groups excluding carboxylic acids is 1. The summed E-state index contributed by atoms with van der Waals surface area (Å²) >= 11 is 0. The van der Waals surface area contributed by atoms with E-state index >= 15 is 0 Å². The maximum absolute atomic E-state index is 13.3. The smallest absolute Gasteiger partial charge is 0.327 e. The number of nitrogens with zero attached hydrogens (tertiary/aromatic N) is 5. The zero-order chi connectivity index (χ0) is 23.8. The van der Waals surface area contributed by atoms with Crippen LogP contribution in [0, 0.1) is 11.8 Å². The summed E-state index contributed by atoms with van der Waals surface area (Å²) in [4.78, 5) is 46.1. The van der Waals surface area contributed by atoms with Crippen molar-refractivity contribution in [1.29, 1.82) is 0 Å². The van der Waals surface area contributed by atoms with Crippen molar-refractivity contribution in [3.63, 3.8) is 0 Å². The highest BCUT2D eigenvalue weighted by atomic mass is 19.4. The second-order valence-corrected chi connectivity index (χ2v) is 7.67. The maximum atomic E-state index is 13.3. The minimum absolute atomic E-state index is 0.0241. The fourth-order valence-electron chi connectivity index (χ4n) is 3.83. The molecular weight excluding hydrogens is 433 g/mol. The third-order valence-corrected chi connectivity index (χ3v) is 5.26. The third-order valence-electron chi connectivity index (χ3n) is 5.26. The van der Waals surface area contributed by atoms with Crippen molar-refractivity contribution in [1.82, 2.24) is 19.4 Å². The van der Waals surface area contributed by atoms with Gasteiger partial charge in [0, 0.05) is 39.3 Å². The predicted molar refractivity (Wildman–Crippen MR) is 110 cm³/mol. The van der Waals surface area contributed by atoms with Gasteiger partial charge in [0.25, 0.3) is 5.56 Å². The topological polar surface area (TPSA) is 92.0 Å². The maximum Gasteiger partial charge on any atom is 0.493 e. The molecule has 0 spiro atoms. The van der Waals surface area contributed by atoms with Crippen molar-refractivity contribution in [2.75, 3.05) is 42.7 Å². The first kappa shape index (κ1) is 23.7. The molecule has 32 heavy (non-hydrogen) atoms. The molecular formula is C19H25F3N6O4. The Morgan fingerprint density at radius 3 is 2.41 bits per heavy atom. The number of piperazine rings is 1. The van der Waals surface area contributed by atoms with Crippen LogP contribution in [0.5, 0.6) is 0 Å². The van der Waals surface area contributed by atoms with Crippen molar-refractivity contribution < 1.29 is 22.8 Å². The lowest BCUT2D eigenvalue weighted by atomic mass is 10.3. The standard InChI is InChI=1S/C19H25F3N6O4/c1-5-6-9-26-13-14(24(4)18(31)27(12(2)3)15(13)29)28(32-16(30)19(20,21)22)17(26)25-10-7-23-8-11-25/h12,17,23H,7-11H2,1-4H3. The molecule has 3 heterocycles. The summed E-state index contributed by atoms with van der Waals surface area (Å²) < 4.78 is 41.3. The van der Waals surface area contributed by atoms with E-state index in [0.29, 0.717) is 31.2 Å². The van der Waals surface area contributed by atoms with Gasteiger partial charge >= 0.3 is 17.8 Å². The zero-order valence-corrected chi connectivity index (χ0v) is 18.2. The number of fused-ring (bicyclic) bond motifs is 1. The van der Waals surface area contributed by atoms with E-state index in [1.807, 2.05) is 0 Å². The quantitative estimate of drug-likeness (QED) is 0.630. The molecule has 1 aromatic rings. The number of alkyl halides is 3. The molecule has 10 nitrogen and oxygen atoms in total. The van der Waals surface area contributed by atoms with Gasteiger partial charge in [-0.2, -0.15) is 13.2 Å². The Bertz CT molecular complexity index is 1060. The van der Waals surface area contributed by atoms with Gasteiger partial charge in [0.15, 0.2) is 17.8 Å². The second-order valence-electron chi connectivity index (χ2n) is 7.67. The van der Waals surface area contributed by atoms with Gasteiger partial charge in [0.2, 0.25) is 0 Å². The highest BCUT2D eigenvalue weighted by Gasteiger charge is 2.50. The van der Waals surface area contributed by atoms with E-state index in [0.717, 1.165) is 9.13 Å². The number of nitrogens with one attached hydrogen (secondary N) is 1. The molecule has 0 amide bonds. The molecule has 3 rings (SSSR count). The Balaban J connectivity index is 2.28. The fourth-order valence-corrected chi connectivity index (χ4v) is 3.83. The number of hydroxylamine groups is 1. The molecule has 1 unspecified atom stereocenters. The first-order valence-electron chi connectivity index (χ1n) is 10.1. The third kappa shape index (κ3) is 4.07. The van der Waals surface area contributed by atoms with Gasteiger partial charge in [0.05, 0.1) is 6.54 Å². The largest absolute Gasteiger partial charge is 0.493 e. The number of hydrogen-bond donors (Lipinski definition) is 1. The molecule has 0 aliphatic carbocycles. The summed E-state index contributed by atoms with van der Waals surface area (Å²) in [5.74, 6) is 2.85. The normalized spacial score (nSPS) is 19.1. The average Bonchev–Trinajstić information content (AvgIpc) is 3.04. The minimum Gasteiger partial charge on any atom is -0.327 e. The van der Waals surface area contributed by atoms with E-state index in [9.17, 15) is 27.6 Å². The van der Waals surface area contributed by atoms with Crippen LogP contribution in [0.25, 0.3) is 0 Å². The minimum atomic E-state index is -5.27. The molecule has 0 radical (unpaired) electrons. The Labute approximate surface area is 182 Å². The van der Waals surface area contributed by atoms with Crippen molar-refractivity contribution in [2.24, 2.45) is 7.05 Å². The lowest BCUT2D eigenvalue weighted by molar-refractivity contribution is -0.203. The summed E-state index contributed by atoms with van der Waals surface area (Å²) in [7, 11) is 1.32. The van der Waals surface area contributed by atoms with Crippen molar-refractivity contribution in [3.05, 3.63) is 20.8 Å². The van der Waals surface area contributed by atoms with Crippen LogP contribution in [0.4, 0.5) is 24.7 Å². The average molecular weight is 458 g/mol. The van der Waals surface area contributed by atoms with Gasteiger partial charge < -0.3 is 15.1 Å². The Hall–Kier alpha value is -2.98. The van der Waals surface area contributed by atoms with Crippen LogP contribution in [0.1, 0.15) is 26.8 Å². The van der Waals surface area contributed by atoms with Crippen LogP contribution >= 0.6 is 0 Å². The van der Waals surface area contributed by atoms with Crippen LogP contribution in [0.3, 0.4) is 0 Å². The van der Waals surface area contributed by atoms with Crippen LogP contribution < -0.4 is 26.5 Å². The zero-order valence-electron chi connectivity index (χ0n) is 18.2. The van der Waals surface area contributed by atoms with Crippen LogP contribution in [-0.4, -0.2) is 65.2 Å². The van der Waals surface area contributed by atoms with E-state index in [2.05, 4.69) is 17.2 Å². The fraction of sp³-hybridized carbons (Fsp3) is 0.632. The first-order valence-corrected chi connectivity index (χ1v) is 10.1. The van der Waals surface area contributed by atoms with Crippen molar-refractivity contribution >= 4 is 17.5 Å². The predicted octanol–water partition coefficient (Wildman–Crippen LogP) is -0.0131. The molecule has 13 heteroatoms. The van der Waals surface area contributed by atoms with E-state index in [1.165, 1.54) is 11.9 Å². The second kappa shape index (κ2) is 8.87. The SMILES string of the molecule is CC#CCN1c2c(n(C)c(=O)n(C(C)C)c2=O)N(OC(=O)C(F)(F)F)C1N1CCNCC1. The molecule has 0 aromatic carbocycles. The van der Waals surface area contributed by atoms with Gasteiger partial charge in [-0.3, -0.25) is 18.8 Å². The summed E-state index contributed by atoms with van der Waals surface area (Å²) in [6, 6.07) is -0.505. The van der Waals surface area contributed by atoms with E-state index < -0.39 is 35.7 Å². The number of aromatic nitrogens is 2. The summed E-state index contributed by atoms with van der Waals surface area (Å²) in [5, 5.41) is 3.85. The Morgan fingerprint density at radius 2 is 1.88 bits per heavy atom. The number of carbonyl (C=O) groups is 1. The summed E-state index contributed by atoms with van der Waals surface area (Å²) in [6.07, 6.45) is -6.35. The number of hydrogen-bond acceptors (Lipinski definition) is 8. The van der Waals surface area contributed by atoms with Crippen LogP contribution in [-0.2, 0) is 16.7 Å². The Morgan fingerprint density at radius 1 is 1.25 bits per heavy atom. The van der Waals surface area contributed by atoms with E-state index in [-0.39, 0.29) is 18.1 Å². The van der Waals surface area contributed by atoms with Crippen LogP contribution in [0.15, 0.2) is 9.59 Å². The van der Waals surface area contributed by atoms with Gasteiger partial charge in [-0.05, 0) is 20.8 Å². The molecule has 176 valence electrons. The summed E-state index contributed by atoms with van der Waals surface area (Å²) in [6.45, 7) is 6.75. The van der Waals surface area contributed by atoms with E-state index in [1.54, 1.807) is 25.7 Å². The molecule has 0 bridgehead atoms. The van der Waals surface area contributed by atoms with Crippen molar-refractivity contribution in [2.45, 2.75) is 39.3 Å². The molecule has 1 atom stereocenters. The monoisotopic (exact) mass is 458 g/mol. The molecule has 1 aromatic heterocycles. The summed E-state index contributed by atoms with van der Waals surface area (Å²) in [5.41, 5.74) is -1.48. The number of halogens is 3. The van der Waals surface area contributed by atoms with Crippen LogP contribution in [0.2, 0.25) is 0 Å². The van der Waals surface area contributed by atoms with Gasteiger partial charge in [0.1, 0.15) is 0 Å². The molecule has 1 fully saturated rings. The highest BCUT2D eigenvalue weighted by Crippen LogP contribution is 2.38. The van der Waals surface area contributed by atoms with Gasteiger partial charge in [-0.15, -0.1) is 11.0 Å². The molecule has 1 saturated heterocycles. The highest BCUT2D eigenvalue weighted by molar-refractivity contribution is 5.80. The molecule has 0 saturated carbocycles. The first-order chi connectivity index (χ1) is 15.0. The molecule has 1 N–H and O–H groups in total. The molecule has 2 aliphatic heterocycles. The van der Waals surface area contributed by atoms with Crippen molar-refractivity contribution in [3.8, 4) is 11.8 Å². The van der Waals surface area contributed by atoms with Gasteiger partial charge in [-0.25, -0.2) is 9.59 Å². The lowest BCUT2D eigenvalue weighted by Crippen LogP contribution is -2.61. The Kier molecular flexibility index (Phi) is 6.56.